The second-order valence-electron chi connectivity index (χ2n) is 5.14. The molecule has 5 nitrogen and oxygen atoms in total. The molecule has 0 heterocycles. The summed E-state index contributed by atoms with van der Waals surface area (Å²) in [4.78, 5) is 6.83. The zero-order valence-corrected chi connectivity index (χ0v) is 14.6. The zero-order valence-electron chi connectivity index (χ0n) is 13.7. The third-order valence-electron chi connectivity index (χ3n) is 3.27. The lowest BCUT2D eigenvalue weighted by Crippen LogP contribution is -2.39. The number of sulfone groups is 1. The van der Waals surface area contributed by atoms with Gasteiger partial charge in [0.05, 0.1) is 17.2 Å². The van der Waals surface area contributed by atoms with Gasteiger partial charge in [0.15, 0.2) is 15.8 Å². The molecule has 0 aromatic heterocycles. The van der Waals surface area contributed by atoms with Crippen LogP contribution in [0.15, 0.2) is 40.2 Å². The van der Waals surface area contributed by atoms with Crippen molar-refractivity contribution >= 4 is 15.8 Å². The Morgan fingerprint density at radius 1 is 1.23 bits per heavy atom. The van der Waals surface area contributed by atoms with Crippen LogP contribution < -0.4 is 5.32 Å². The molecular formula is C16H27N3O2S. The Balaban J connectivity index is 2.67. The average Bonchev–Trinajstić information content (AvgIpc) is 2.52. The topological polar surface area (TPSA) is 61.8 Å². The number of unbranched alkanes of at least 4 members (excludes halogenated alkanes) is 1. The largest absolute Gasteiger partial charge is 0.357 e. The first-order chi connectivity index (χ1) is 10.5. The lowest BCUT2D eigenvalue weighted by Gasteiger charge is -2.21. The summed E-state index contributed by atoms with van der Waals surface area (Å²) in [5, 5.41) is 3.20. The Kier molecular flexibility index (Phi) is 7.95. The molecule has 1 aromatic carbocycles. The number of nitrogens with one attached hydrogen (secondary N) is 1. The fourth-order valence-corrected chi connectivity index (χ4v) is 3.13. The summed E-state index contributed by atoms with van der Waals surface area (Å²) < 4.78 is 24.4. The van der Waals surface area contributed by atoms with Crippen molar-refractivity contribution < 1.29 is 8.42 Å². The lowest BCUT2D eigenvalue weighted by atomic mass is 10.3. The van der Waals surface area contributed by atoms with Crippen LogP contribution in [0, 0.1) is 0 Å². The number of benzene rings is 1. The van der Waals surface area contributed by atoms with Gasteiger partial charge in [-0.2, -0.15) is 0 Å². The summed E-state index contributed by atoms with van der Waals surface area (Å²) in [7, 11) is -1.29. The molecule has 22 heavy (non-hydrogen) atoms. The minimum atomic E-state index is -3.27. The lowest BCUT2D eigenvalue weighted by molar-refractivity contribution is 0.465. The second kappa shape index (κ2) is 9.46. The van der Waals surface area contributed by atoms with Crippen LogP contribution in [0.5, 0.6) is 0 Å². The summed E-state index contributed by atoms with van der Waals surface area (Å²) in [6.07, 6.45) is 2.20. The molecule has 0 spiro atoms. The monoisotopic (exact) mass is 325 g/mol. The number of hydrogen-bond acceptors (Lipinski definition) is 3. The van der Waals surface area contributed by atoms with E-state index < -0.39 is 9.84 Å². The number of nitrogens with zero attached hydrogens (tertiary/aromatic N) is 2. The minimum Gasteiger partial charge on any atom is -0.357 e. The van der Waals surface area contributed by atoms with E-state index in [1.165, 1.54) is 0 Å². The van der Waals surface area contributed by atoms with Gasteiger partial charge in [-0.1, -0.05) is 31.5 Å². The molecule has 0 saturated carbocycles. The molecule has 0 saturated heterocycles. The predicted octanol–water partition coefficient (Wildman–Crippen LogP) is 2.16. The first-order valence-electron chi connectivity index (χ1n) is 7.78. The van der Waals surface area contributed by atoms with Crippen molar-refractivity contribution in [2.75, 3.05) is 32.4 Å². The fraction of sp³-hybridized carbons (Fsp3) is 0.562. The van der Waals surface area contributed by atoms with Gasteiger partial charge >= 0.3 is 0 Å². The third kappa shape index (κ3) is 6.05. The van der Waals surface area contributed by atoms with Crippen molar-refractivity contribution in [2.24, 2.45) is 4.99 Å². The van der Waals surface area contributed by atoms with Crippen LogP contribution in [-0.4, -0.2) is 51.7 Å². The standard InChI is InChI=1S/C16H27N3O2S/c1-4-6-13-19(3)16(17-5-2)18-12-14-22(20,21)15-10-8-7-9-11-15/h7-11H,4-6,12-14H2,1-3H3,(H,17,18). The van der Waals surface area contributed by atoms with Gasteiger partial charge in [-0.3, -0.25) is 4.99 Å². The quantitative estimate of drug-likeness (QED) is 0.588. The van der Waals surface area contributed by atoms with Gasteiger partial charge < -0.3 is 10.2 Å². The normalized spacial score (nSPS) is 12.2. The molecule has 0 amide bonds. The van der Waals surface area contributed by atoms with Gasteiger partial charge in [0.1, 0.15) is 0 Å². The molecule has 1 aromatic rings. The molecule has 0 aliphatic heterocycles. The highest BCUT2D eigenvalue weighted by Crippen LogP contribution is 2.09. The predicted molar refractivity (Wildman–Crippen MR) is 92.0 cm³/mol. The van der Waals surface area contributed by atoms with Gasteiger partial charge in [0.2, 0.25) is 0 Å². The van der Waals surface area contributed by atoms with E-state index in [1.54, 1.807) is 24.3 Å². The summed E-state index contributed by atoms with van der Waals surface area (Å²) in [5.74, 6) is 0.785. The third-order valence-corrected chi connectivity index (χ3v) is 4.98. The number of hydrogen-bond donors (Lipinski definition) is 1. The van der Waals surface area contributed by atoms with Gasteiger partial charge in [0, 0.05) is 20.1 Å². The van der Waals surface area contributed by atoms with Crippen LogP contribution >= 0.6 is 0 Å². The SMILES string of the molecule is CCCCN(C)C(=NCCS(=O)(=O)c1ccccc1)NCC. The van der Waals surface area contributed by atoms with Crippen LogP contribution in [0.2, 0.25) is 0 Å². The van der Waals surface area contributed by atoms with E-state index in [0.29, 0.717) is 4.90 Å². The van der Waals surface area contributed by atoms with E-state index >= 15 is 0 Å². The molecule has 1 rings (SSSR count). The molecule has 0 radical (unpaired) electrons. The highest BCUT2D eigenvalue weighted by atomic mass is 32.2. The highest BCUT2D eigenvalue weighted by molar-refractivity contribution is 7.91. The first-order valence-corrected chi connectivity index (χ1v) is 9.43. The Morgan fingerprint density at radius 3 is 2.50 bits per heavy atom. The van der Waals surface area contributed by atoms with Crippen LogP contribution in [0.4, 0.5) is 0 Å². The molecule has 0 atom stereocenters. The van der Waals surface area contributed by atoms with Crippen LogP contribution in [-0.2, 0) is 9.84 Å². The van der Waals surface area contributed by atoms with Crippen molar-refractivity contribution in [2.45, 2.75) is 31.6 Å². The van der Waals surface area contributed by atoms with Gasteiger partial charge in [0.25, 0.3) is 0 Å². The molecule has 124 valence electrons. The van der Waals surface area contributed by atoms with Crippen LogP contribution in [0.3, 0.4) is 0 Å². The maximum absolute atomic E-state index is 12.2. The van der Waals surface area contributed by atoms with E-state index in [1.807, 2.05) is 24.9 Å². The van der Waals surface area contributed by atoms with Crippen LogP contribution in [0.25, 0.3) is 0 Å². The van der Waals surface area contributed by atoms with Crippen molar-refractivity contribution in [1.29, 1.82) is 0 Å². The van der Waals surface area contributed by atoms with Gasteiger partial charge in [-0.25, -0.2) is 8.42 Å². The molecule has 1 N–H and O–H groups in total. The average molecular weight is 325 g/mol. The molecule has 0 aliphatic carbocycles. The van der Waals surface area contributed by atoms with E-state index in [0.717, 1.165) is 31.9 Å². The van der Waals surface area contributed by atoms with Gasteiger partial charge in [-0.15, -0.1) is 0 Å². The Hall–Kier alpha value is -1.56. The number of rotatable bonds is 8. The Bertz CT molecular complexity index is 556. The van der Waals surface area contributed by atoms with Crippen molar-refractivity contribution in [3.8, 4) is 0 Å². The number of guanidine groups is 1. The summed E-state index contributed by atoms with van der Waals surface area (Å²) >= 11 is 0. The maximum atomic E-state index is 12.2. The van der Waals surface area contributed by atoms with Crippen molar-refractivity contribution in [1.82, 2.24) is 10.2 Å². The fourth-order valence-electron chi connectivity index (χ4n) is 1.99. The van der Waals surface area contributed by atoms with Crippen LogP contribution in [0.1, 0.15) is 26.7 Å². The summed E-state index contributed by atoms with van der Waals surface area (Å²) in [6.45, 7) is 6.08. The second-order valence-corrected chi connectivity index (χ2v) is 7.25. The summed E-state index contributed by atoms with van der Waals surface area (Å²) in [5.41, 5.74) is 0. The highest BCUT2D eigenvalue weighted by Gasteiger charge is 2.13. The van der Waals surface area contributed by atoms with Gasteiger partial charge in [-0.05, 0) is 25.5 Å². The van der Waals surface area contributed by atoms with E-state index in [-0.39, 0.29) is 12.3 Å². The Labute approximate surface area is 134 Å². The summed E-state index contributed by atoms with van der Waals surface area (Å²) in [6, 6.07) is 8.52. The maximum Gasteiger partial charge on any atom is 0.193 e. The molecule has 0 unspecified atom stereocenters. The first kappa shape index (κ1) is 18.5. The molecule has 0 bridgehead atoms. The zero-order chi connectivity index (χ0) is 16.4. The Morgan fingerprint density at radius 2 is 1.91 bits per heavy atom. The van der Waals surface area contributed by atoms with E-state index in [4.69, 9.17) is 0 Å². The molecular weight excluding hydrogens is 298 g/mol. The molecule has 0 aliphatic rings. The van der Waals surface area contributed by atoms with E-state index in [9.17, 15) is 8.42 Å². The number of aliphatic imine (C=N–C) groups is 1. The molecule has 6 heteroatoms. The van der Waals surface area contributed by atoms with Crippen molar-refractivity contribution in [3.05, 3.63) is 30.3 Å². The van der Waals surface area contributed by atoms with Crippen molar-refractivity contribution in [3.63, 3.8) is 0 Å². The minimum absolute atomic E-state index is 0.0214. The molecule has 0 fully saturated rings. The smallest absolute Gasteiger partial charge is 0.193 e. The van der Waals surface area contributed by atoms with E-state index in [2.05, 4.69) is 17.2 Å².